The summed E-state index contributed by atoms with van der Waals surface area (Å²) in [5.74, 6) is -1.94. The molecule has 0 amide bonds. The summed E-state index contributed by atoms with van der Waals surface area (Å²) in [5.41, 5.74) is -0.0394. The summed E-state index contributed by atoms with van der Waals surface area (Å²) >= 11 is 0. The standard InChI is InChI=1S/C14H14F2N2O2/c1-3-6-18-13(12(20-2)8-17-18)14(19)10-5-4-9(15)7-11(10)16/h4-5,7-8H,3,6H2,1-2H3. The number of rotatable bonds is 5. The predicted octanol–water partition coefficient (Wildman–Crippen LogP) is 2.81. The Bertz CT molecular complexity index is 638. The number of hydrogen-bond donors (Lipinski definition) is 0. The molecule has 1 aromatic carbocycles. The molecule has 0 spiro atoms. The van der Waals surface area contributed by atoms with Crippen LogP contribution in [-0.2, 0) is 6.54 Å². The highest BCUT2D eigenvalue weighted by atomic mass is 19.1. The minimum Gasteiger partial charge on any atom is -0.493 e. The van der Waals surface area contributed by atoms with Crippen molar-refractivity contribution in [3.63, 3.8) is 0 Å². The van der Waals surface area contributed by atoms with E-state index in [-0.39, 0.29) is 17.0 Å². The zero-order valence-corrected chi connectivity index (χ0v) is 11.2. The number of ketones is 1. The van der Waals surface area contributed by atoms with Gasteiger partial charge in [0.2, 0.25) is 5.78 Å². The molecule has 4 nitrogen and oxygen atoms in total. The van der Waals surface area contributed by atoms with Crippen LogP contribution in [0.5, 0.6) is 5.75 Å². The van der Waals surface area contributed by atoms with Crippen molar-refractivity contribution in [1.29, 1.82) is 0 Å². The lowest BCUT2D eigenvalue weighted by Crippen LogP contribution is -2.14. The summed E-state index contributed by atoms with van der Waals surface area (Å²) in [4.78, 5) is 12.4. The average Bonchev–Trinajstić information content (AvgIpc) is 2.81. The fourth-order valence-corrected chi connectivity index (χ4v) is 1.93. The van der Waals surface area contributed by atoms with Crippen LogP contribution in [0.4, 0.5) is 8.78 Å². The predicted molar refractivity (Wildman–Crippen MR) is 68.9 cm³/mol. The van der Waals surface area contributed by atoms with Crippen LogP contribution >= 0.6 is 0 Å². The second kappa shape index (κ2) is 5.81. The highest BCUT2D eigenvalue weighted by molar-refractivity contribution is 6.09. The zero-order valence-electron chi connectivity index (χ0n) is 11.2. The van der Waals surface area contributed by atoms with Gasteiger partial charge in [0.1, 0.15) is 11.6 Å². The fourth-order valence-electron chi connectivity index (χ4n) is 1.93. The average molecular weight is 280 g/mol. The highest BCUT2D eigenvalue weighted by Crippen LogP contribution is 2.23. The van der Waals surface area contributed by atoms with Gasteiger partial charge in [0.05, 0.1) is 18.9 Å². The van der Waals surface area contributed by atoms with E-state index in [0.717, 1.165) is 18.6 Å². The number of aryl methyl sites for hydroxylation is 1. The van der Waals surface area contributed by atoms with E-state index in [0.29, 0.717) is 12.6 Å². The zero-order chi connectivity index (χ0) is 14.7. The van der Waals surface area contributed by atoms with Crippen molar-refractivity contribution in [3.05, 3.63) is 47.3 Å². The van der Waals surface area contributed by atoms with Crippen molar-refractivity contribution in [2.24, 2.45) is 0 Å². The lowest BCUT2D eigenvalue weighted by molar-refractivity contribution is 0.102. The molecule has 0 bridgehead atoms. The minimum atomic E-state index is -0.902. The first-order chi connectivity index (χ1) is 9.58. The molecule has 6 heteroatoms. The van der Waals surface area contributed by atoms with Crippen LogP contribution in [0, 0.1) is 11.6 Å². The van der Waals surface area contributed by atoms with Crippen LogP contribution in [0.25, 0.3) is 0 Å². The van der Waals surface area contributed by atoms with Gasteiger partial charge in [0.15, 0.2) is 11.4 Å². The number of halogens is 2. The fraction of sp³-hybridized carbons (Fsp3) is 0.286. The Balaban J connectivity index is 2.49. The minimum absolute atomic E-state index is 0.167. The number of nitrogens with zero attached hydrogens (tertiary/aromatic N) is 2. The monoisotopic (exact) mass is 280 g/mol. The Kier molecular flexibility index (Phi) is 4.12. The highest BCUT2D eigenvalue weighted by Gasteiger charge is 2.23. The summed E-state index contributed by atoms with van der Waals surface area (Å²) in [6.07, 6.45) is 2.17. The Hall–Kier alpha value is -2.24. The third-order valence-electron chi connectivity index (χ3n) is 2.85. The normalized spacial score (nSPS) is 10.6. The van der Waals surface area contributed by atoms with E-state index >= 15 is 0 Å². The van der Waals surface area contributed by atoms with Crippen molar-refractivity contribution in [2.45, 2.75) is 19.9 Å². The molecule has 0 aliphatic carbocycles. The molecule has 0 N–H and O–H groups in total. The summed E-state index contributed by atoms with van der Waals surface area (Å²) in [5, 5.41) is 4.04. The van der Waals surface area contributed by atoms with Gasteiger partial charge in [-0.2, -0.15) is 5.10 Å². The van der Waals surface area contributed by atoms with Gasteiger partial charge in [-0.3, -0.25) is 9.48 Å². The molecular formula is C14H14F2N2O2. The van der Waals surface area contributed by atoms with Crippen molar-refractivity contribution in [3.8, 4) is 5.75 Å². The maximum absolute atomic E-state index is 13.7. The molecule has 0 fully saturated rings. The summed E-state index contributed by atoms with van der Waals surface area (Å²) in [6, 6.07) is 2.85. The van der Waals surface area contributed by atoms with Gasteiger partial charge in [0, 0.05) is 12.6 Å². The summed E-state index contributed by atoms with van der Waals surface area (Å²) in [7, 11) is 1.41. The molecule has 0 saturated carbocycles. The number of ether oxygens (including phenoxy) is 1. The van der Waals surface area contributed by atoms with E-state index in [1.54, 1.807) is 0 Å². The summed E-state index contributed by atoms with van der Waals surface area (Å²) in [6.45, 7) is 2.44. The molecule has 2 aromatic rings. The molecule has 0 aliphatic heterocycles. The number of hydrogen-bond acceptors (Lipinski definition) is 3. The first-order valence-electron chi connectivity index (χ1n) is 6.18. The van der Waals surface area contributed by atoms with E-state index in [2.05, 4.69) is 5.10 Å². The Morgan fingerprint density at radius 3 is 2.75 bits per heavy atom. The van der Waals surface area contributed by atoms with Gasteiger partial charge in [-0.05, 0) is 18.6 Å². The second-order valence-corrected chi connectivity index (χ2v) is 4.24. The lowest BCUT2D eigenvalue weighted by Gasteiger charge is -2.08. The van der Waals surface area contributed by atoms with Gasteiger partial charge in [-0.1, -0.05) is 6.92 Å². The first kappa shape index (κ1) is 14.2. The number of carbonyl (C=O) groups excluding carboxylic acids is 1. The van der Waals surface area contributed by atoms with Gasteiger partial charge in [0.25, 0.3) is 0 Å². The molecule has 106 valence electrons. The van der Waals surface area contributed by atoms with Crippen molar-refractivity contribution in [1.82, 2.24) is 9.78 Å². The number of benzene rings is 1. The van der Waals surface area contributed by atoms with E-state index in [1.165, 1.54) is 18.0 Å². The molecule has 0 unspecified atom stereocenters. The van der Waals surface area contributed by atoms with Crippen molar-refractivity contribution in [2.75, 3.05) is 7.11 Å². The van der Waals surface area contributed by atoms with Gasteiger partial charge >= 0.3 is 0 Å². The Morgan fingerprint density at radius 2 is 2.15 bits per heavy atom. The third kappa shape index (κ3) is 2.54. The van der Waals surface area contributed by atoms with Crippen LogP contribution in [0.3, 0.4) is 0 Å². The molecule has 1 aromatic heterocycles. The molecule has 0 saturated heterocycles. The summed E-state index contributed by atoms with van der Waals surface area (Å²) < 4.78 is 33.2. The van der Waals surface area contributed by atoms with Crippen LogP contribution < -0.4 is 4.74 Å². The van der Waals surface area contributed by atoms with Gasteiger partial charge in [-0.15, -0.1) is 0 Å². The van der Waals surface area contributed by atoms with E-state index in [4.69, 9.17) is 4.74 Å². The molecule has 1 heterocycles. The number of methoxy groups -OCH3 is 1. The lowest BCUT2D eigenvalue weighted by atomic mass is 10.1. The van der Waals surface area contributed by atoms with Crippen LogP contribution in [0.15, 0.2) is 24.4 Å². The molecule has 20 heavy (non-hydrogen) atoms. The second-order valence-electron chi connectivity index (χ2n) is 4.24. The van der Waals surface area contributed by atoms with Crippen LogP contribution in [0.1, 0.15) is 29.4 Å². The maximum Gasteiger partial charge on any atom is 0.217 e. The quantitative estimate of drug-likeness (QED) is 0.791. The smallest absolute Gasteiger partial charge is 0.217 e. The van der Waals surface area contributed by atoms with E-state index < -0.39 is 17.4 Å². The van der Waals surface area contributed by atoms with Crippen molar-refractivity contribution >= 4 is 5.78 Å². The molecule has 2 rings (SSSR count). The van der Waals surface area contributed by atoms with Gasteiger partial charge < -0.3 is 4.74 Å². The first-order valence-corrected chi connectivity index (χ1v) is 6.18. The molecular weight excluding hydrogens is 266 g/mol. The van der Waals surface area contributed by atoms with Gasteiger partial charge in [-0.25, -0.2) is 8.78 Å². The Labute approximate surface area is 115 Å². The number of carbonyl (C=O) groups is 1. The number of aromatic nitrogens is 2. The Morgan fingerprint density at radius 1 is 1.40 bits per heavy atom. The molecule has 0 atom stereocenters. The van der Waals surface area contributed by atoms with Crippen LogP contribution in [-0.4, -0.2) is 22.7 Å². The van der Waals surface area contributed by atoms with Crippen LogP contribution in [0.2, 0.25) is 0 Å². The maximum atomic E-state index is 13.7. The SMILES string of the molecule is CCCn1ncc(OC)c1C(=O)c1ccc(F)cc1F. The molecule has 0 radical (unpaired) electrons. The van der Waals surface area contributed by atoms with E-state index in [1.807, 2.05) is 6.92 Å². The van der Waals surface area contributed by atoms with Crippen molar-refractivity contribution < 1.29 is 18.3 Å². The van der Waals surface area contributed by atoms with E-state index in [9.17, 15) is 13.6 Å². The molecule has 0 aliphatic rings. The third-order valence-corrected chi connectivity index (χ3v) is 2.85. The largest absolute Gasteiger partial charge is 0.493 e. The topological polar surface area (TPSA) is 44.1 Å².